The maximum Gasteiger partial charge on any atom is 0.326 e. The van der Waals surface area contributed by atoms with Gasteiger partial charge in [0, 0.05) is 18.6 Å². The van der Waals surface area contributed by atoms with Gasteiger partial charge in [-0.05, 0) is 44.6 Å². The minimum absolute atomic E-state index is 0.0183. The highest BCUT2D eigenvalue weighted by Crippen LogP contribution is 2.40. The van der Waals surface area contributed by atoms with Crippen LogP contribution in [0.5, 0.6) is 0 Å². The number of fused-ring (bicyclic) bond motifs is 1. The number of benzene rings is 1. The topological polar surface area (TPSA) is 60.9 Å². The van der Waals surface area contributed by atoms with Gasteiger partial charge in [0.2, 0.25) is 0 Å². The largest absolute Gasteiger partial charge is 0.480 e. The average molecular weight is 344 g/mol. The summed E-state index contributed by atoms with van der Waals surface area (Å²) in [6.45, 7) is 4.49. The third kappa shape index (κ3) is 3.65. The van der Waals surface area contributed by atoms with Gasteiger partial charge in [-0.15, -0.1) is 0 Å². The van der Waals surface area contributed by atoms with Crippen molar-refractivity contribution in [2.45, 2.75) is 70.6 Å². The molecule has 2 aliphatic rings. The molecule has 0 spiro atoms. The lowest BCUT2D eigenvalue weighted by Gasteiger charge is -2.38. The number of urea groups is 1. The highest BCUT2D eigenvalue weighted by molar-refractivity contribution is 5.84. The van der Waals surface area contributed by atoms with Crippen LogP contribution in [0.1, 0.15) is 51.5 Å². The number of likely N-dealkylation sites (tertiary alicyclic amines) is 1. The van der Waals surface area contributed by atoms with Crippen LogP contribution in [-0.2, 0) is 11.3 Å². The Hall–Kier alpha value is -2.04. The summed E-state index contributed by atoms with van der Waals surface area (Å²) in [5, 5.41) is 9.68. The molecule has 1 aliphatic heterocycles. The number of carboxylic acid groups (broad SMARTS) is 1. The highest BCUT2D eigenvalue weighted by atomic mass is 16.4. The molecular weight excluding hydrogens is 316 g/mol. The van der Waals surface area contributed by atoms with Crippen LogP contribution in [0.2, 0.25) is 0 Å². The van der Waals surface area contributed by atoms with Gasteiger partial charge in [-0.3, -0.25) is 0 Å². The van der Waals surface area contributed by atoms with E-state index in [-0.39, 0.29) is 18.1 Å². The van der Waals surface area contributed by atoms with E-state index in [2.05, 4.69) is 0 Å². The van der Waals surface area contributed by atoms with Gasteiger partial charge >= 0.3 is 12.0 Å². The second-order valence-electron chi connectivity index (χ2n) is 7.60. The molecule has 1 aromatic rings. The van der Waals surface area contributed by atoms with E-state index in [0.717, 1.165) is 31.2 Å². The Morgan fingerprint density at radius 2 is 1.88 bits per heavy atom. The number of carbonyl (C=O) groups is 2. The molecule has 3 atom stereocenters. The molecule has 0 radical (unpaired) electrons. The molecule has 3 rings (SSSR count). The van der Waals surface area contributed by atoms with Gasteiger partial charge in [-0.2, -0.15) is 0 Å². The van der Waals surface area contributed by atoms with Crippen molar-refractivity contribution in [3.8, 4) is 0 Å². The predicted molar refractivity (Wildman–Crippen MR) is 96.1 cm³/mol. The van der Waals surface area contributed by atoms with Gasteiger partial charge in [0.05, 0.1) is 0 Å². The Labute approximate surface area is 149 Å². The first-order valence-corrected chi connectivity index (χ1v) is 9.34. The van der Waals surface area contributed by atoms with Crippen LogP contribution in [-0.4, -0.2) is 45.0 Å². The Kier molecular flexibility index (Phi) is 5.30. The molecule has 5 heteroatoms. The van der Waals surface area contributed by atoms with E-state index in [0.29, 0.717) is 18.9 Å². The number of nitrogens with zero attached hydrogens (tertiary/aromatic N) is 2. The van der Waals surface area contributed by atoms with Crippen LogP contribution < -0.4 is 0 Å². The fraction of sp³-hybridized carbons (Fsp3) is 0.600. The zero-order chi connectivity index (χ0) is 18.0. The van der Waals surface area contributed by atoms with Crippen molar-refractivity contribution in [1.29, 1.82) is 0 Å². The van der Waals surface area contributed by atoms with Crippen LogP contribution in [0, 0.1) is 5.92 Å². The van der Waals surface area contributed by atoms with E-state index in [1.54, 1.807) is 4.90 Å². The van der Waals surface area contributed by atoms with E-state index in [1.807, 2.05) is 49.1 Å². The summed E-state index contributed by atoms with van der Waals surface area (Å²) in [7, 11) is 0. The van der Waals surface area contributed by atoms with Crippen molar-refractivity contribution in [2.75, 3.05) is 0 Å². The Bertz CT molecular complexity index is 617. The first-order chi connectivity index (χ1) is 12.0. The van der Waals surface area contributed by atoms with Crippen LogP contribution in [0.3, 0.4) is 0 Å². The van der Waals surface area contributed by atoms with Gasteiger partial charge < -0.3 is 14.9 Å². The molecule has 1 aliphatic carbocycles. The Morgan fingerprint density at radius 3 is 2.52 bits per heavy atom. The molecule has 1 saturated heterocycles. The van der Waals surface area contributed by atoms with E-state index in [4.69, 9.17) is 0 Å². The molecule has 136 valence electrons. The van der Waals surface area contributed by atoms with E-state index < -0.39 is 12.0 Å². The molecule has 5 nitrogen and oxygen atoms in total. The summed E-state index contributed by atoms with van der Waals surface area (Å²) in [6, 6.07) is 9.19. The predicted octanol–water partition coefficient (Wildman–Crippen LogP) is 3.73. The third-order valence-electron chi connectivity index (χ3n) is 5.66. The number of carbonyl (C=O) groups excluding carboxylic acids is 1. The zero-order valence-corrected chi connectivity index (χ0v) is 15.1. The van der Waals surface area contributed by atoms with Crippen LogP contribution >= 0.6 is 0 Å². The van der Waals surface area contributed by atoms with Crippen molar-refractivity contribution >= 4 is 12.0 Å². The van der Waals surface area contributed by atoms with Crippen molar-refractivity contribution in [1.82, 2.24) is 9.80 Å². The number of aliphatic carboxylic acids is 1. The summed E-state index contributed by atoms with van der Waals surface area (Å²) < 4.78 is 0. The molecule has 1 heterocycles. The van der Waals surface area contributed by atoms with Crippen LogP contribution in [0.15, 0.2) is 30.3 Å². The van der Waals surface area contributed by atoms with E-state index in [1.165, 1.54) is 0 Å². The van der Waals surface area contributed by atoms with Gasteiger partial charge in [0.15, 0.2) is 0 Å². The molecule has 2 amide bonds. The molecule has 1 aromatic carbocycles. The first-order valence-electron chi connectivity index (χ1n) is 9.34. The summed E-state index contributed by atoms with van der Waals surface area (Å²) >= 11 is 0. The summed E-state index contributed by atoms with van der Waals surface area (Å²) in [4.78, 5) is 28.6. The number of hydrogen-bond donors (Lipinski definition) is 1. The quantitative estimate of drug-likeness (QED) is 0.905. The minimum atomic E-state index is -0.869. The molecule has 1 N–H and O–H groups in total. The average Bonchev–Trinajstić information content (AvgIpc) is 2.99. The van der Waals surface area contributed by atoms with E-state index >= 15 is 0 Å². The van der Waals surface area contributed by atoms with Crippen LogP contribution in [0.4, 0.5) is 4.79 Å². The van der Waals surface area contributed by atoms with Gasteiger partial charge in [-0.25, -0.2) is 9.59 Å². The van der Waals surface area contributed by atoms with Gasteiger partial charge in [0.25, 0.3) is 0 Å². The van der Waals surface area contributed by atoms with Gasteiger partial charge in [0.1, 0.15) is 6.04 Å². The summed E-state index contributed by atoms with van der Waals surface area (Å²) in [5.41, 5.74) is 1.07. The highest BCUT2D eigenvalue weighted by Gasteiger charge is 2.48. The molecule has 1 saturated carbocycles. The molecule has 0 aromatic heterocycles. The zero-order valence-electron chi connectivity index (χ0n) is 15.1. The van der Waals surface area contributed by atoms with Crippen molar-refractivity contribution in [3.05, 3.63) is 35.9 Å². The Balaban J connectivity index is 1.84. The first kappa shape index (κ1) is 17.8. The fourth-order valence-electron chi connectivity index (χ4n) is 4.36. The number of hydrogen-bond acceptors (Lipinski definition) is 2. The van der Waals surface area contributed by atoms with Gasteiger partial charge in [-0.1, -0.05) is 43.2 Å². The summed E-state index contributed by atoms with van der Waals surface area (Å²) in [6.07, 6.45) is 4.80. The fourth-order valence-corrected chi connectivity index (χ4v) is 4.36. The molecule has 3 unspecified atom stereocenters. The second-order valence-corrected chi connectivity index (χ2v) is 7.60. The lowest BCUT2D eigenvalue weighted by atomic mass is 9.85. The maximum atomic E-state index is 13.3. The normalized spacial score (nSPS) is 25.7. The van der Waals surface area contributed by atoms with Crippen molar-refractivity contribution < 1.29 is 14.7 Å². The SMILES string of the molecule is CC(C)N(Cc1ccccc1)C(=O)N1C(C(=O)O)CC2CCCCC21. The number of rotatable bonds is 4. The molecular formula is C20H28N2O3. The van der Waals surface area contributed by atoms with Crippen molar-refractivity contribution in [2.24, 2.45) is 5.92 Å². The molecule has 25 heavy (non-hydrogen) atoms. The second kappa shape index (κ2) is 7.46. The van der Waals surface area contributed by atoms with Crippen molar-refractivity contribution in [3.63, 3.8) is 0 Å². The maximum absolute atomic E-state index is 13.3. The Morgan fingerprint density at radius 1 is 1.20 bits per heavy atom. The number of amides is 2. The summed E-state index contributed by atoms with van der Waals surface area (Å²) in [5.74, 6) is -0.532. The molecule has 2 fully saturated rings. The third-order valence-corrected chi connectivity index (χ3v) is 5.66. The lowest BCUT2D eigenvalue weighted by Crippen LogP contribution is -2.53. The number of carboxylic acids is 1. The molecule has 0 bridgehead atoms. The van der Waals surface area contributed by atoms with E-state index in [9.17, 15) is 14.7 Å². The lowest BCUT2D eigenvalue weighted by molar-refractivity contribution is -0.141. The monoisotopic (exact) mass is 344 g/mol. The van der Waals surface area contributed by atoms with Crippen LogP contribution in [0.25, 0.3) is 0 Å². The standard InChI is InChI=1S/C20H28N2O3/c1-14(2)21(13-15-8-4-3-5-9-15)20(25)22-17-11-7-6-10-16(17)12-18(22)19(23)24/h3-5,8-9,14,16-18H,6-7,10-13H2,1-2H3,(H,23,24). The smallest absolute Gasteiger partial charge is 0.326 e. The minimum Gasteiger partial charge on any atom is -0.480 e.